The Kier molecular flexibility index (Phi) is 5.68. The molecule has 4 rings (SSSR count). The van der Waals surface area contributed by atoms with Gasteiger partial charge in [-0.15, -0.1) is 11.3 Å². The van der Waals surface area contributed by atoms with Gasteiger partial charge in [-0.05, 0) is 50.0 Å². The fourth-order valence-corrected chi connectivity index (χ4v) is 6.61. The van der Waals surface area contributed by atoms with Crippen LogP contribution in [0.4, 0.5) is 0 Å². The molecule has 0 radical (unpaired) electrons. The van der Waals surface area contributed by atoms with Gasteiger partial charge in [0.05, 0.1) is 26.2 Å². The Morgan fingerprint density at radius 3 is 2.63 bits per heavy atom. The number of rotatable bonds is 6. The Bertz CT molecular complexity index is 792. The summed E-state index contributed by atoms with van der Waals surface area (Å²) in [5, 5.41) is 1.79. The predicted molar refractivity (Wildman–Crippen MR) is 105 cm³/mol. The van der Waals surface area contributed by atoms with Crippen molar-refractivity contribution in [2.75, 3.05) is 32.7 Å². The highest BCUT2D eigenvalue weighted by atomic mass is 32.2. The molecule has 1 N–H and O–H groups in total. The number of piperazine rings is 1. The number of quaternary nitrogens is 1. The van der Waals surface area contributed by atoms with E-state index in [0.29, 0.717) is 43.0 Å². The number of nitrogens with one attached hydrogen (secondary N) is 1. The summed E-state index contributed by atoms with van der Waals surface area (Å²) in [6, 6.07) is 3.83. The minimum Gasteiger partial charge on any atom is -0.325 e. The number of carbonyl (C=O) groups is 1. The van der Waals surface area contributed by atoms with Gasteiger partial charge < -0.3 is 9.80 Å². The molecule has 1 saturated carbocycles. The van der Waals surface area contributed by atoms with Crippen molar-refractivity contribution in [1.29, 1.82) is 0 Å². The second kappa shape index (κ2) is 8.03. The summed E-state index contributed by atoms with van der Waals surface area (Å²) < 4.78 is 27.2. The maximum absolute atomic E-state index is 13.0. The SMILES string of the molecule is O=C(C[NH+]1CCN(S(=O)(=O)c2cccs2)CC1)N(C1=CCCCC1)C1CC1. The van der Waals surface area contributed by atoms with Crippen LogP contribution in [0.25, 0.3) is 0 Å². The maximum Gasteiger partial charge on any atom is 0.282 e. The maximum atomic E-state index is 13.0. The van der Waals surface area contributed by atoms with Gasteiger partial charge in [-0.25, -0.2) is 8.42 Å². The first kappa shape index (κ1) is 19.1. The number of thiophene rings is 1. The van der Waals surface area contributed by atoms with Crippen LogP contribution in [0.5, 0.6) is 0 Å². The van der Waals surface area contributed by atoms with Crippen LogP contribution in [0.15, 0.2) is 33.5 Å². The smallest absolute Gasteiger partial charge is 0.282 e. The normalized spacial score (nSPS) is 22.4. The summed E-state index contributed by atoms with van der Waals surface area (Å²) in [6.07, 6.45) is 8.98. The van der Waals surface area contributed by atoms with Crippen molar-refractivity contribution < 1.29 is 18.1 Å². The largest absolute Gasteiger partial charge is 0.325 e. The highest BCUT2D eigenvalue weighted by molar-refractivity contribution is 7.91. The van der Waals surface area contributed by atoms with Crippen molar-refractivity contribution in [2.24, 2.45) is 0 Å². The Balaban J connectivity index is 1.34. The quantitative estimate of drug-likeness (QED) is 0.764. The minimum atomic E-state index is -3.37. The third-order valence-corrected chi connectivity index (χ3v) is 8.95. The molecule has 1 amide bonds. The minimum absolute atomic E-state index is 0.218. The van der Waals surface area contributed by atoms with Crippen LogP contribution in [-0.2, 0) is 14.8 Å². The van der Waals surface area contributed by atoms with Crippen LogP contribution < -0.4 is 4.90 Å². The second-order valence-corrected chi connectivity index (χ2v) is 10.8. The molecule has 3 aliphatic rings. The highest BCUT2D eigenvalue weighted by Gasteiger charge is 2.38. The summed E-state index contributed by atoms with van der Waals surface area (Å²) in [6.45, 7) is 2.81. The standard InChI is InChI=1S/C19H27N3O3S2/c23-18(22(17-8-9-17)16-5-2-1-3-6-16)15-20-10-12-21(13-11-20)27(24,25)19-7-4-14-26-19/h4-5,7,14,17H,1-3,6,8-13,15H2/p+1. The molecule has 1 saturated heterocycles. The molecule has 0 spiro atoms. The topological polar surface area (TPSA) is 62.1 Å². The van der Waals surface area contributed by atoms with Crippen LogP contribution in [-0.4, -0.2) is 62.3 Å². The zero-order valence-corrected chi connectivity index (χ0v) is 17.2. The molecule has 0 atom stereocenters. The summed E-state index contributed by atoms with van der Waals surface area (Å²) in [4.78, 5) is 16.3. The number of sulfonamides is 1. The van der Waals surface area contributed by atoms with E-state index in [1.807, 2.05) is 0 Å². The number of nitrogens with zero attached hydrogens (tertiary/aromatic N) is 2. The molecule has 27 heavy (non-hydrogen) atoms. The van der Waals surface area contributed by atoms with Gasteiger partial charge in [0.2, 0.25) is 0 Å². The van der Waals surface area contributed by atoms with E-state index in [1.54, 1.807) is 21.8 Å². The van der Waals surface area contributed by atoms with Crippen LogP contribution >= 0.6 is 11.3 Å². The molecule has 0 bridgehead atoms. The van der Waals surface area contributed by atoms with E-state index in [4.69, 9.17) is 0 Å². The Labute approximate surface area is 165 Å². The average molecular weight is 411 g/mol. The van der Waals surface area contributed by atoms with Crippen molar-refractivity contribution in [2.45, 2.75) is 48.8 Å². The van der Waals surface area contributed by atoms with Gasteiger partial charge in [-0.2, -0.15) is 4.31 Å². The fraction of sp³-hybridized carbons (Fsp3) is 0.632. The molecule has 8 heteroatoms. The third kappa shape index (κ3) is 4.29. The van der Waals surface area contributed by atoms with Crippen LogP contribution in [0.1, 0.15) is 38.5 Å². The van der Waals surface area contributed by atoms with Crippen LogP contribution in [0, 0.1) is 0 Å². The average Bonchev–Trinajstić information content (AvgIpc) is 3.33. The van der Waals surface area contributed by atoms with E-state index >= 15 is 0 Å². The number of allylic oxidation sites excluding steroid dienone is 2. The molecule has 0 aromatic carbocycles. The van der Waals surface area contributed by atoms with Gasteiger partial charge >= 0.3 is 0 Å². The van der Waals surface area contributed by atoms with Gasteiger partial charge in [0.25, 0.3) is 15.9 Å². The molecular formula is C19H28N3O3S2+. The molecule has 2 heterocycles. The Hall–Kier alpha value is -1.22. The van der Waals surface area contributed by atoms with Crippen molar-refractivity contribution >= 4 is 27.3 Å². The second-order valence-electron chi connectivity index (χ2n) is 7.70. The molecule has 2 fully saturated rings. The number of amides is 1. The van der Waals surface area contributed by atoms with Crippen LogP contribution in [0.3, 0.4) is 0 Å². The molecule has 2 aliphatic carbocycles. The van der Waals surface area contributed by atoms with Gasteiger partial charge in [-0.3, -0.25) is 4.79 Å². The Morgan fingerprint density at radius 2 is 2.04 bits per heavy atom. The summed E-state index contributed by atoms with van der Waals surface area (Å²) >= 11 is 1.26. The van der Waals surface area contributed by atoms with Gasteiger partial charge in [0, 0.05) is 11.7 Å². The van der Waals surface area contributed by atoms with E-state index in [9.17, 15) is 13.2 Å². The van der Waals surface area contributed by atoms with Crippen LogP contribution in [0.2, 0.25) is 0 Å². The molecule has 0 unspecified atom stereocenters. The molecule has 1 aromatic heterocycles. The van der Waals surface area contributed by atoms with Gasteiger partial charge in [-0.1, -0.05) is 12.1 Å². The van der Waals surface area contributed by atoms with E-state index in [2.05, 4.69) is 11.0 Å². The predicted octanol–water partition coefficient (Wildman–Crippen LogP) is 1.09. The third-order valence-electron chi connectivity index (χ3n) is 5.68. The lowest BCUT2D eigenvalue weighted by Gasteiger charge is -2.33. The highest BCUT2D eigenvalue weighted by Crippen LogP contribution is 2.33. The Morgan fingerprint density at radius 1 is 1.26 bits per heavy atom. The first-order valence-electron chi connectivity index (χ1n) is 9.94. The van der Waals surface area contributed by atoms with Gasteiger partial charge in [0.1, 0.15) is 4.21 Å². The molecule has 1 aliphatic heterocycles. The van der Waals surface area contributed by atoms with Crippen molar-refractivity contribution in [1.82, 2.24) is 9.21 Å². The van der Waals surface area contributed by atoms with Crippen molar-refractivity contribution in [3.8, 4) is 0 Å². The van der Waals surface area contributed by atoms with E-state index < -0.39 is 10.0 Å². The lowest BCUT2D eigenvalue weighted by Crippen LogP contribution is -3.15. The van der Waals surface area contributed by atoms with E-state index in [-0.39, 0.29) is 5.91 Å². The number of hydrogen-bond donors (Lipinski definition) is 1. The van der Waals surface area contributed by atoms with Crippen molar-refractivity contribution in [3.05, 3.63) is 29.3 Å². The van der Waals surface area contributed by atoms with E-state index in [0.717, 1.165) is 25.7 Å². The molecular weight excluding hydrogens is 382 g/mol. The lowest BCUT2D eigenvalue weighted by molar-refractivity contribution is -0.895. The van der Waals surface area contributed by atoms with E-state index in [1.165, 1.54) is 34.8 Å². The molecule has 148 valence electrons. The summed E-state index contributed by atoms with van der Waals surface area (Å²) in [7, 11) is -3.37. The monoisotopic (exact) mass is 410 g/mol. The van der Waals surface area contributed by atoms with Crippen molar-refractivity contribution in [3.63, 3.8) is 0 Å². The zero-order chi connectivity index (χ0) is 18.9. The lowest BCUT2D eigenvalue weighted by atomic mass is 10.0. The number of hydrogen-bond acceptors (Lipinski definition) is 4. The summed E-state index contributed by atoms with van der Waals surface area (Å²) in [5.74, 6) is 0.218. The first-order chi connectivity index (χ1) is 13.1. The summed E-state index contributed by atoms with van der Waals surface area (Å²) in [5.41, 5.74) is 1.23. The van der Waals surface area contributed by atoms with Gasteiger partial charge in [0.15, 0.2) is 6.54 Å². The zero-order valence-electron chi connectivity index (χ0n) is 15.6. The molecule has 1 aromatic rings. The number of carbonyl (C=O) groups excluding carboxylic acids is 1. The first-order valence-corrected chi connectivity index (χ1v) is 12.3. The fourth-order valence-electron chi connectivity index (χ4n) is 4.03. The molecule has 6 nitrogen and oxygen atoms in total.